The van der Waals surface area contributed by atoms with E-state index in [1.807, 2.05) is 17.5 Å². The van der Waals surface area contributed by atoms with Crippen molar-refractivity contribution in [3.63, 3.8) is 0 Å². The van der Waals surface area contributed by atoms with Crippen LogP contribution in [0, 0.1) is 0 Å². The van der Waals surface area contributed by atoms with Crippen LogP contribution < -0.4 is 10.5 Å². The molecular weight excluding hydrogens is 339 g/mol. The van der Waals surface area contributed by atoms with Crippen molar-refractivity contribution in [3.05, 3.63) is 50.1 Å². The van der Waals surface area contributed by atoms with Crippen molar-refractivity contribution in [2.45, 2.75) is 18.0 Å². The Kier molecular flexibility index (Phi) is 5.06. The van der Waals surface area contributed by atoms with Crippen molar-refractivity contribution >= 4 is 44.6 Å². The molecule has 0 aliphatic heterocycles. The molecule has 0 saturated heterocycles. The Hall–Kier alpha value is -0.630. The highest BCUT2D eigenvalue weighted by atomic mass is 35.5. The second-order valence-electron chi connectivity index (χ2n) is 3.98. The van der Waals surface area contributed by atoms with Gasteiger partial charge in [-0.2, -0.15) is 0 Å². The molecule has 20 heavy (non-hydrogen) atoms. The summed E-state index contributed by atoms with van der Waals surface area (Å²) in [6, 6.07) is 6.50. The first-order valence-electron chi connectivity index (χ1n) is 5.64. The molecule has 2 aromatic rings. The van der Waals surface area contributed by atoms with Crippen molar-refractivity contribution in [2.24, 2.45) is 5.73 Å². The highest BCUT2D eigenvalue weighted by Gasteiger charge is 2.19. The van der Waals surface area contributed by atoms with Gasteiger partial charge in [0.1, 0.15) is 4.90 Å². The number of hydrogen-bond acceptors (Lipinski definition) is 4. The second kappa shape index (κ2) is 6.43. The maximum atomic E-state index is 12.3. The van der Waals surface area contributed by atoms with Gasteiger partial charge in [0, 0.05) is 23.0 Å². The summed E-state index contributed by atoms with van der Waals surface area (Å²) in [5, 5.41) is 2.31. The van der Waals surface area contributed by atoms with Crippen LogP contribution in [0.4, 0.5) is 0 Å². The Morgan fingerprint density at radius 1 is 1.25 bits per heavy atom. The number of sulfonamides is 1. The molecule has 0 bridgehead atoms. The monoisotopic (exact) mass is 350 g/mol. The minimum Gasteiger partial charge on any atom is -0.326 e. The highest BCUT2D eigenvalue weighted by molar-refractivity contribution is 7.89. The quantitative estimate of drug-likeness (QED) is 0.870. The third-order valence-corrected chi connectivity index (χ3v) is 5.72. The average molecular weight is 351 g/mol. The normalized spacial score (nSPS) is 11.8. The van der Waals surface area contributed by atoms with E-state index in [9.17, 15) is 8.42 Å². The van der Waals surface area contributed by atoms with Crippen LogP contribution in [0.3, 0.4) is 0 Å². The lowest BCUT2D eigenvalue weighted by atomic mass is 10.2. The standard InChI is InChI=1S/C12H12Cl2N2O2S2/c13-10-5-11(14)12(4-8(10)6-15)20(17,18)16-7-9-2-1-3-19-9/h1-5,16H,6-7,15H2. The van der Waals surface area contributed by atoms with Gasteiger partial charge in [0.25, 0.3) is 0 Å². The molecule has 1 aromatic carbocycles. The fourth-order valence-corrected chi connectivity index (χ4v) is 4.21. The van der Waals surface area contributed by atoms with Gasteiger partial charge in [0.05, 0.1) is 5.02 Å². The minimum absolute atomic E-state index is 0.0134. The Balaban J connectivity index is 2.29. The van der Waals surface area contributed by atoms with Crippen molar-refractivity contribution in [2.75, 3.05) is 0 Å². The molecule has 1 heterocycles. The van der Waals surface area contributed by atoms with Crippen LogP contribution >= 0.6 is 34.5 Å². The summed E-state index contributed by atoms with van der Waals surface area (Å²) in [6.07, 6.45) is 0. The van der Waals surface area contributed by atoms with Gasteiger partial charge in [-0.1, -0.05) is 29.3 Å². The molecule has 0 spiro atoms. The number of nitrogens with one attached hydrogen (secondary N) is 1. The molecule has 1 aromatic heterocycles. The van der Waals surface area contributed by atoms with Crippen LogP contribution in [-0.2, 0) is 23.1 Å². The van der Waals surface area contributed by atoms with Crippen molar-refractivity contribution in [1.29, 1.82) is 0 Å². The Morgan fingerprint density at radius 2 is 2.00 bits per heavy atom. The zero-order valence-corrected chi connectivity index (χ0v) is 13.4. The van der Waals surface area contributed by atoms with E-state index in [1.54, 1.807) is 0 Å². The van der Waals surface area contributed by atoms with Crippen molar-refractivity contribution < 1.29 is 8.42 Å². The van der Waals surface area contributed by atoms with Crippen LogP contribution in [-0.4, -0.2) is 8.42 Å². The van der Waals surface area contributed by atoms with Crippen molar-refractivity contribution in [1.82, 2.24) is 4.72 Å². The summed E-state index contributed by atoms with van der Waals surface area (Å²) in [4.78, 5) is 0.901. The maximum Gasteiger partial charge on any atom is 0.242 e. The van der Waals surface area contributed by atoms with Crippen LogP contribution in [0.15, 0.2) is 34.5 Å². The van der Waals surface area contributed by atoms with Gasteiger partial charge in [0.15, 0.2) is 0 Å². The fourth-order valence-electron chi connectivity index (χ4n) is 1.59. The third-order valence-electron chi connectivity index (χ3n) is 2.63. The highest BCUT2D eigenvalue weighted by Crippen LogP contribution is 2.28. The van der Waals surface area contributed by atoms with E-state index in [4.69, 9.17) is 28.9 Å². The first-order valence-corrected chi connectivity index (χ1v) is 8.76. The van der Waals surface area contributed by atoms with E-state index in [0.29, 0.717) is 10.6 Å². The minimum atomic E-state index is -3.71. The van der Waals surface area contributed by atoms with Crippen LogP contribution in [0.25, 0.3) is 0 Å². The lowest BCUT2D eigenvalue weighted by Gasteiger charge is -2.10. The molecule has 3 N–H and O–H groups in total. The lowest BCUT2D eigenvalue weighted by molar-refractivity contribution is 0.581. The van der Waals surface area contributed by atoms with Gasteiger partial charge in [0.2, 0.25) is 10.0 Å². The van der Waals surface area contributed by atoms with E-state index in [-0.39, 0.29) is 23.0 Å². The van der Waals surface area contributed by atoms with Gasteiger partial charge >= 0.3 is 0 Å². The predicted molar refractivity (Wildman–Crippen MR) is 82.7 cm³/mol. The van der Waals surface area contributed by atoms with E-state index in [0.717, 1.165) is 4.88 Å². The average Bonchev–Trinajstić information content (AvgIpc) is 2.89. The SMILES string of the molecule is NCc1cc(S(=O)(=O)NCc2cccs2)c(Cl)cc1Cl. The molecule has 0 atom stereocenters. The van der Waals surface area contributed by atoms with Crippen LogP contribution in [0.2, 0.25) is 10.0 Å². The van der Waals surface area contributed by atoms with Gasteiger partial charge < -0.3 is 5.73 Å². The number of halogens is 2. The van der Waals surface area contributed by atoms with E-state index < -0.39 is 10.0 Å². The number of nitrogens with two attached hydrogens (primary N) is 1. The topological polar surface area (TPSA) is 72.2 Å². The Morgan fingerprint density at radius 3 is 2.60 bits per heavy atom. The van der Waals surface area contributed by atoms with E-state index >= 15 is 0 Å². The van der Waals surface area contributed by atoms with E-state index in [2.05, 4.69) is 4.72 Å². The molecular formula is C12H12Cl2N2O2S2. The molecule has 2 rings (SSSR count). The molecule has 4 nitrogen and oxygen atoms in total. The Labute approximate surface area is 131 Å². The molecule has 0 saturated carbocycles. The first-order chi connectivity index (χ1) is 9.44. The van der Waals surface area contributed by atoms with Crippen LogP contribution in [0.1, 0.15) is 10.4 Å². The number of hydrogen-bond donors (Lipinski definition) is 2. The van der Waals surface area contributed by atoms with Crippen LogP contribution in [0.5, 0.6) is 0 Å². The summed E-state index contributed by atoms with van der Waals surface area (Å²) in [6.45, 7) is 0.361. The number of benzene rings is 1. The summed E-state index contributed by atoms with van der Waals surface area (Å²) in [5.41, 5.74) is 6.06. The zero-order chi connectivity index (χ0) is 14.8. The van der Waals surface area contributed by atoms with E-state index in [1.165, 1.54) is 23.5 Å². The van der Waals surface area contributed by atoms with Gasteiger partial charge in [-0.25, -0.2) is 13.1 Å². The third kappa shape index (κ3) is 3.52. The first kappa shape index (κ1) is 15.8. The summed E-state index contributed by atoms with van der Waals surface area (Å²) in [5.74, 6) is 0. The largest absolute Gasteiger partial charge is 0.326 e. The van der Waals surface area contributed by atoms with Gasteiger partial charge in [-0.15, -0.1) is 11.3 Å². The molecule has 8 heteroatoms. The molecule has 0 radical (unpaired) electrons. The molecule has 0 aliphatic carbocycles. The summed E-state index contributed by atoms with van der Waals surface area (Å²) in [7, 11) is -3.71. The summed E-state index contributed by atoms with van der Waals surface area (Å²) >= 11 is 13.4. The van der Waals surface area contributed by atoms with Gasteiger partial charge in [-0.05, 0) is 29.1 Å². The number of thiophene rings is 1. The van der Waals surface area contributed by atoms with Gasteiger partial charge in [-0.3, -0.25) is 0 Å². The predicted octanol–water partition coefficient (Wildman–Crippen LogP) is 2.99. The molecule has 108 valence electrons. The fraction of sp³-hybridized carbons (Fsp3) is 0.167. The van der Waals surface area contributed by atoms with Crippen molar-refractivity contribution in [3.8, 4) is 0 Å². The molecule has 0 unspecified atom stereocenters. The zero-order valence-electron chi connectivity index (χ0n) is 10.3. The smallest absolute Gasteiger partial charge is 0.242 e. The summed E-state index contributed by atoms with van der Waals surface area (Å²) < 4.78 is 27.0. The molecule has 0 fully saturated rings. The lowest BCUT2D eigenvalue weighted by Crippen LogP contribution is -2.23. The molecule has 0 amide bonds. The second-order valence-corrected chi connectivity index (χ2v) is 7.56. The Bertz CT molecular complexity index is 700. The maximum absolute atomic E-state index is 12.3. The number of rotatable bonds is 5. The molecule has 0 aliphatic rings.